The van der Waals surface area contributed by atoms with E-state index in [2.05, 4.69) is 46.0 Å². The number of likely N-dealkylation sites (N-methyl/N-ethyl adjacent to an activating group) is 1. The van der Waals surface area contributed by atoms with Gasteiger partial charge in [-0.1, -0.05) is 12.1 Å². The van der Waals surface area contributed by atoms with Gasteiger partial charge in [-0.25, -0.2) is 8.42 Å². The van der Waals surface area contributed by atoms with Gasteiger partial charge in [0.15, 0.2) is 5.96 Å². The van der Waals surface area contributed by atoms with Crippen molar-refractivity contribution in [1.82, 2.24) is 24.6 Å². The molecule has 0 amide bonds. The van der Waals surface area contributed by atoms with E-state index in [1.54, 1.807) is 13.1 Å². The van der Waals surface area contributed by atoms with Crippen LogP contribution in [0.25, 0.3) is 0 Å². The third-order valence-electron chi connectivity index (χ3n) is 4.78. The molecule has 2 rings (SSSR count). The van der Waals surface area contributed by atoms with E-state index < -0.39 is 10.0 Å². The highest BCUT2D eigenvalue weighted by molar-refractivity contribution is 7.88. The lowest BCUT2D eigenvalue weighted by molar-refractivity contribution is 0.233. The fraction of sp³-hybridized carbons (Fsp3) is 0.765. The molecule has 0 radical (unpaired) electrons. The molecule has 0 spiro atoms. The quantitative estimate of drug-likeness (QED) is 0.499. The summed E-state index contributed by atoms with van der Waals surface area (Å²) in [7, 11) is -1.63. The number of nitrogens with one attached hydrogen (secondary N) is 1. The normalized spacial score (nSPS) is 17.1. The molecule has 0 aromatic carbocycles. The number of hydrogen-bond donors (Lipinski definition) is 1. The number of rotatable bonds is 8. The van der Waals surface area contributed by atoms with Gasteiger partial charge in [0.25, 0.3) is 0 Å². The molecule has 1 aromatic heterocycles. The molecule has 1 N–H and O–H groups in total. The first kappa shape index (κ1) is 21.6. The Bertz CT molecular complexity index is 682. The van der Waals surface area contributed by atoms with E-state index in [9.17, 15) is 8.42 Å². The fourth-order valence-corrected chi connectivity index (χ4v) is 4.62. The van der Waals surface area contributed by atoms with Gasteiger partial charge in [0.05, 0.1) is 5.69 Å². The lowest BCUT2D eigenvalue weighted by atomic mass is 10.3. The van der Waals surface area contributed by atoms with E-state index in [0.717, 1.165) is 25.6 Å². The number of piperazine rings is 1. The standard InChI is InChI=1S/C17H32N6O3S/c1-5-21(15(2)3)8-7-19-17(18-4)22-9-11-23(12-10-22)27(24,25)14-16-6-13-26-20-16/h6,13,15H,5,7-12,14H2,1-4H3,(H,18,19). The zero-order valence-corrected chi connectivity index (χ0v) is 17.6. The fourth-order valence-electron chi connectivity index (χ4n) is 3.19. The molecular weight excluding hydrogens is 368 g/mol. The average molecular weight is 401 g/mol. The molecule has 9 nitrogen and oxygen atoms in total. The summed E-state index contributed by atoms with van der Waals surface area (Å²) in [5.74, 6) is 0.696. The molecule has 0 saturated carbocycles. The number of guanidine groups is 1. The highest BCUT2D eigenvalue weighted by atomic mass is 32.2. The maximum Gasteiger partial charge on any atom is 0.220 e. The lowest BCUT2D eigenvalue weighted by Crippen LogP contribution is -2.54. The van der Waals surface area contributed by atoms with Gasteiger partial charge in [-0.3, -0.25) is 9.89 Å². The first-order valence-electron chi connectivity index (χ1n) is 9.44. The molecule has 1 aliphatic rings. The van der Waals surface area contributed by atoms with Crippen molar-refractivity contribution in [2.75, 3.05) is 52.9 Å². The van der Waals surface area contributed by atoms with Crippen molar-refractivity contribution in [3.05, 3.63) is 18.0 Å². The monoisotopic (exact) mass is 400 g/mol. The molecule has 0 atom stereocenters. The summed E-state index contributed by atoms with van der Waals surface area (Å²) in [6.45, 7) is 11.4. The zero-order valence-electron chi connectivity index (χ0n) is 16.8. The van der Waals surface area contributed by atoms with Crippen molar-refractivity contribution >= 4 is 16.0 Å². The van der Waals surface area contributed by atoms with Gasteiger partial charge in [0.2, 0.25) is 10.0 Å². The average Bonchev–Trinajstić information content (AvgIpc) is 3.14. The molecule has 2 heterocycles. The molecule has 0 bridgehead atoms. The van der Waals surface area contributed by atoms with Crippen LogP contribution in [0.3, 0.4) is 0 Å². The van der Waals surface area contributed by atoms with Gasteiger partial charge in [0.1, 0.15) is 12.0 Å². The van der Waals surface area contributed by atoms with Crippen molar-refractivity contribution in [1.29, 1.82) is 0 Å². The van der Waals surface area contributed by atoms with Crippen LogP contribution in [0.4, 0.5) is 0 Å². The first-order valence-corrected chi connectivity index (χ1v) is 11.0. The van der Waals surface area contributed by atoms with Crippen LogP contribution in [-0.2, 0) is 15.8 Å². The lowest BCUT2D eigenvalue weighted by Gasteiger charge is -2.36. The minimum absolute atomic E-state index is 0.126. The molecule has 1 saturated heterocycles. The summed E-state index contributed by atoms with van der Waals surface area (Å²) < 4.78 is 31.3. The van der Waals surface area contributed by atoms with Gasteiger partial charge in [-0.2, -0.15) is 4.31 Å². The van der Waals surface area contributed by atoms with Crippen molar-refractivity contribution < 1.29 is 12.9 Å². The Kier molecular flexibility index (Phi) is 8.06. The van der Waals surface area contributed by atoms with Crippen LogP contribution in [0.1, 0.15) is 26.5 Å². The van der Waals surface area contributed by atoms with Gasteiger partial charge in [0, 0.05) is 58.4 Å². The highest BCUT2D eigenvalue weighted by Gasteiger charge is 2.28. The topological polar surface area (TPSA) is 94.3 Å². The zero-order chi connectivity index (χ0) is 19.9. The highest BCUT2D eigenvalue weighted by Crippen LogP contribution is 2.12. The number of sulfonamides is 1. The molecule has 0 unspecified atom stereocenters. The predicted molar refractivity (Wildman–Crippen MR) is 106 cm³/mol. The molecule has 10 heteroatoms. The van der Waals surface area contributed by atoms with Gasteiger partial charge >= 0.3 is 0 Å². The number of aliphatic imine (C=N–C) groups is 1. The van der Waals surface area contributed by atoms with Crippen LogP contribution in [0.5, 0.6) is 0 Å². The SMILES string of the molecule is CCN(CCNC(=NC)N1CCN(S(=O)(=O)Cc2ccon2)CC1)C(C)C. The van der Waals surface area contributed by atoms with Crippen LogP contribution in [0.15, 0.2) is 21.8 Å². The van der Waals surface area contributed by atoms with E-state index in [-0.39, 0.29) is 5.75 Å². The van der Waals surface area contributed by atoms with Crippen molar-refractivity contribution in [3.8, 4) is 0 Å². The molecule has 0 aliphatic carbocycles. The Balaban J connectivity index is 1.82. The van der Waals surface area contributed by atoms with E-state index in [1.165, 1.54) is 10.6 Å². The maximum absolute atomic E-state index is 12.5. The second-order valence-electron chi connectivity index (χ2n) is 6.83. The molecule has 1 aromatic rings. The molecular formula is C17H32N6O3S. The molecule has 27 heavy (non-hydrogen) atoms. The summed E-state index contributed by atoms with van der Waals surface area (Å²) in [6.07, 6.45) is 1.39. The Morgan fingerprint density at radius 1 is 1.37 bits per heavy atom. The molecule has 1 fully saturated rings. The Morgan fingerprint density at radius 2 is 2.07 bits per heavy atom. The Labute approximate surface area is 162 Å². The van der Waals surface area contributed by atoms with Crippen molar-refractivity contribution in [2.24, 2.45) is 4.99 Å². The first-order chi connectivity index (χ1) is 12.9. The van der Waals surface area contributed by atoms with E-state index >= 15 is 0 Å². The van der Waals surface area contributed by atoms with Crippen LogP contribution in [-0.4, -0.2) is 92.5 Å². The largest absolute Gasteiger partial charge is 0.364 e. The predicted octanol–water partition coefficient (Wildman–Crippen LogP) is 0.428. The van der Waals surface area contributed by atoms with E-state index in [4.69, 9.17) is 4.52 Å². The number of hydrogen-bond acceptors (Lipinski definition) is 6. The number of aromatic nitrogens is 1. The van der Waals surface area contributed by atoms with E-state index in [0.29, 0.717) is 37.9 Å². The summed E-state index contributed by atoms with van der Waals surface area (Å²) in [6, 6.07) is 2.09. The van der Waals surface area contributed by atoms with Gasteiger partial charge in [-0.05, 0) is 20.4 Å². The molecule has 1 aliphatic heterocycles. The number of nitrogens with zero attached hydrogens (tertiary/aromatic N) is 5. The minimum Gasteiger partial charge on any atom is -0.364 e. The smallest absolute Gasteiger partial charge is 0.220 e. The van der Waals surface area contributed by atoms with Crippen molar-refractivity contribution in [2.45, 2.75) is 32.6 Å². The van der Waals surface area contributed by atoms with Crippen LogP contribution >= 0.6 is 0 Å². The Morgan fingerprint density at radius 3 is 2.59 bits per heavy atom. The van der Waals surface area contributed by atoms with Gasteiger partial charge < -0.3 is 14.7 Å². The maximum atomic E-state index is 12.5. The minimum atomic E-state index is -3.39. The molecule has 154 valence electrons. The summed E-state index contributed by atoms with van der Waals surface area (Å²) in [5.41, 5.74) is 0.431. The third-order valence-corrected chi connectivity index (χ3v) is 6.60. The van der Waals surface area contributed by atoms with Crippen LogP contribution in [0.2, 0.25) is 0 Å². The summed E-state index contributed by atoms with van der Waals surface area (Å²) in [5, 5.41) is 7.09. The van der Waals surface area contributed by atoms with Crippen LogP contribution < -0.4 is 5.32 Å². The summed E-state index contributed by atoms with van der Waals surface area (Å²) >= 11 is 0. The second-order valence-corrected chi connectivity index (χ2v) is 8.80. The van der Waals surface area contributed by atoms with Gasteiger partial charge in [-0.15, -0.1) is 0 Å². The van der Waals surface area contributed by atoms with Crippen molar-refractivity contribution in [3.63, 3.8) is 0 Å². The Hall–Kier alpha value is -1.65. The van der Waals surface area contributed by atoms with E-state index in [1.807, 2.05) is 0 Å². The second kappa shape index (κ2) is 10.0. The van der Waals surface area contributed by atoms with Crippen LogP contribution in [0, 0.1) is 0 Å². The third kappa shape index (κ3) is 6.18. The summed E-state index contributed by atoms with van der Waals surface area (Å²) in [4.78, 5) is 8.84.